The number of Topliss-reactive ketones (excluding diaryl/α,β-unsaturated/α-hetero) is 1. The lowest BCUT2D eigenvalue weighted by atomic mass is 9.71. The van der Waals surface area contributed by atoms with Gasteiger partial charge in [-0.2, -0.15) is 0 Å². The molecule has 1 aliphatic heterocycles. The molecule has 0 saturated carbocycles. The van der Waals surface area contributed by atoms with E-state index in [-0.39, 0.29) is 23.6 Å². The summed E-state index contributed by atoms with van der Waals surface area (Å²) in [5.41, 5.74) is 4.38. The van der Waals surface area contributed by atoms with Crippen LogP contribution in [0.4, 0.5) is 0 Å². The van der Waals surface area contributed by atoms with Crippen LogP contribution in [-0.4, -0.2) is 23.0 Å². The first-order valence-electron chi connectivity index (χ1n) is 10.6. The van der Waals surface area contributed by atoms with Crippen molar-refractivity contribution >= 4 is 11.8 Å². The first-order valence-corrected chi connectivity index (χ1v) is 10.6. The largest absolute Gasteiger partial charge is 0.508 e. The highest BCUT2D eigenvalue weighted by molar-refractivity contribution is 6.04. The molecular weight excluding hydrogens is 390 g/mol. The lowest BCUT2D eigenvalue weighted by Crippen LogP contribution is -2.36. The Labute approximate surface area is 182 Å². The van der Waals surface area contributed by atoms with Crippen molar-refractivity contribution in [1.29, 1.82) is 0 Å². The molecule has 160 valence electrons. The van der Waals surface area contributed by atoms with Crippen LogP contribution in [0.3, 0.4) is 0 Å². The number of dihydropyridines is 1. The molecule has 2 N–H and O–H groups in total. The smallest absolute Gasteiger partial charge is 0.337 e. The van der Waals surface area contributed by atoms with Crippen LogP contribution < -0.4 is 5.32 Å². The molecule has 5 heteroatoms. The quantitative estimate of drug-likeness (QED) is 0.705. The van der Waals surface area contributed by atoms with Crippen LogP contribution in [0.2, 0.25) is 0 Å². The topological polar surface area (TPSA) is 75.6 Å². The molecule has 0 unspecified atom stereocenters. The van der Waals surface area contributed by atoms with E-state index in [1.54, 1.807) is 32.0 Å². The van der Waals surface area contributed by atoms with Crippen LogP contribution in [0.1, 0.15) is 56.6 Å². The minimum absolute atomic E-state index is 0.0123. The third kappa shape index (κ3) is 4.13. The molecule has 4 rings (SSSR count). The van der Waals surface area contributed by atoms with Crippen molar-refractivity contribution in [2.45, 2.75) is 51.6 Å². The van der Waals surface area contributed by atoms with Crippen molar-refractivity contribution in [1.82, 2.24) is 5.32 Å². The van der Waals surface area contributed by atoms with Crippen LogP contribution in [0, 0.1) is 0 Å². The number of hydrogen-bond donors (Lipinski definition) is 2. The third-order valence-electron chi connectivity index (χ3n) is 5.86. The van der Waals surface area contributed by atoms with Gasteiger partial charge in [-0.05, 0) is 56.4 Å². The van der Waals surface area contributed by atoms with Gasteiger partial charge in [0, 0.05) is 29.3 Å². The van der Waals surface area contributed by atoms with Crippen LogP contribution in [0.15, 0.2) is 77.1 Å². The number of allylic oxidation sites excluding steroid dienone is 3. The summed E-state index contributed by atoms with van der Waals surface area (Å²) in [6, 6.07) is 16.8. The number of aromatic hydroxyl groups is 1. The maximum atomic E-state index is 13.4. The standard InChI is InChI=1S/C26H27NO4/c1-15(2)31-26(30)23-16(3)27-21-13-19(17-8-5-4-6-9-17)14-22(29)25(21)24(23)18-10-7-11-20(28)12-18/h4-12,15,19,24,27-28H,13-14H2,1-3H3/t19-,24-/m0/s1. The Kier molecular flexibility index (Phi) is 5.68. The molecule has 2 aliphatic rings. The summed E-state index contributed by atoms with van der Waals surface area (Å²) < 4.78 is 5.51. The Morgan fingerprint density at radius 3 is 2.45 bits per heavy atom. The van der Waals surface area contributed by atoms with Gasteiger partial charge < -0.3 is 15.2 Å². The van der Waals surface area contributed by atoms with E-state index in [9.17, 15) is 14.7 Å². The van der Waals surface area contributed by atoms with Gasteiger partial charge in [0.2, 0.25) is 0 Å². The maximum Gasteiger partial charge on any atom is 0.337 e. The summed E-state index contributed by atoms with van der Waals surface area (Å²) in [5.74, 6) is -0.824. The summed E-state index contributed by atoms with van der Waals surface area (Å²) in [7, 11) is 0. The fraction of sp³-hybridized carbons (Fsp3) is 0.308. The molecule has 2 aromatic carbocycles. The average Bonchev–Trinajstić information content (AvgIpc) is 2.72. The van der Waals surface area contributed by atoms with E-state index < -0.39 is 11.9 Å². The lowest BCUT2D eigenvalue weighted by Gasteiger charge is -2.37. The van der Waals surface area contributed by atoms with Gasteiger partial charge in [0.1, 0.15) is 5.75 Å². The molecule has 0 radical (unpaired) electrons. The number of nitrogens with one attached hydrogen (secondary N) is 1. The molecule has 5 nitrogen and oxygen atoms in total. The summed E-state index contributed by atoms with van der Waals surface area (Å²) >= 11 is 0. The number of rotatable bonds is 4. The van der Waals surface area contributed by atoms with Crippen molar-refractivity contribution in [2.75, 3.05) is 0 Å². The van der Waals surface area contributed by atoms with Crippen LogP contribution in [-0.2, 0) is 14.3 Å². The van der Waals surface area contributed by atoms with Gasteiger partial charge in [0.05, 0.1) is 11.7 Å². The predicted molar refractivity (Wildman–Crippen MR) is 118 cm³/mol. The van der Waals surface area contributed by atoms with Gasteiger partial charge in [-0.25, -0.2) is 4.79 Å². The lowest BCUT2D eigenvalue weighted by molar-refractivity contribution is -0.143. The summed E-state index contributed by atoms with van der Waals surface area (Å²) in [5, 5.41) is 13.4. The van der Waals surface area contributed by atoms with E-state index in [2.05, 4.69) is 5.32 Å². The normalized spacial score (nSPS) is 21.1. The third-order valence-corrected chi connectivity index (χ3v) is 5.86. The average molecular weight is 418 g/mol. The van der Waals surface area contributed by atoms with E-state index in [1.165, 1.54) is 0 Å². The van der Waals surface area contributed by atoms with E-state index in [1.807, 2.05) is 43.3 Å². The van der Waals surface area contributed by atoms with Gasteiger partial charge >= 0.3 is 5.97 Å². The second kappa shape index (κ2) is 8.42. The van der Waals surface area contributed by atoms with Crippen LogP contribution >= 0.6 is 0 Å². The Morgan fingerprint density at radius 1 is 1.06 bits per heavy atom. The molecule has 0 aromatic heterocycles. The zero-order valence-electron chi connectivity index (χ0n) is 18.0. The number of carbonyl (C=O) groups is 2. The van der Waals surface area contributed by atoms with Crippen molar-refractivity contribution < 1.29 is 19.4 Å². The summed E-state index contributed by atoms with van der Waals surface area (Å²) in [6.07, 6.45) is 0.785. The number of benzene rings is 2. The first-order chi connectivity index (χ1) is 14.8. The number of carbonyl (C=O) groups excluding carboxylic acids is 2. The number of ketones is 1. The highest BCUT2D eigenvalue weighted by Gasteiger charge is 2.41. The molecule has 2 aromatic rings. The Balaban J connectivity index is 1.81. The highest BCUT2D eigenvalue weighted by atomic mass is 16.5. The number of phenolic OH excluding ortho intramolecular Hbond substituents is 1. The number of phenols is 1. The Morgan fingerprint density at radius 2 is 1.77 bits per heavy atom. The van der Waals surface area contributed by atoms with Crippen LogP contribution in [0.5, 0.6) is 5.75 Å². The number of esters is 1. The number of hydrogen-bond acceptors (Lipinski definition) is 5. The Bertz CT molecular complexity index is 1080. The van der Waals surface area contributed by atoms with E-state index in [0.717, 1.165) is 11.3 Å². The Hall–Kier alpha value is -3.34. The predicted octanol–water partition coefficient (Wildman–Crippen LogP) is 4.71. The van der Waals surface area contributed by atoms with E-state index in [4.69, 9.17) is 4.74 Å². The second-order valence-corrected chi connectivity index (χ2v) is 8.48. The molecular formula is C26H27NO4. The zero-order valence-corrected chi connectivity index (χ0v) is 18.0. The van der Waals surface area contributed by atoms with Gasteiger partial charge in [-0.1, -0.05) is 42.5 Å². The van der Waals surface area contributed by atoms with Gasteiger partial charge in [-0.15, -0.1) is 0 Å². The molecule has 31 heavy (non-hydrogen) atoms. The van der Waals surface area contributed by atoms with Gasteiger partial charge in [0.15, 0.2) is 5.78 Å². The first kappa shape index (κ1) is 20.9. The van der Waals surface area contributed by atoms with Crippen molar-refractivity contribution in [3.63, 3.8) is 0 Å². The highest BCUT2D eigenvalue weighted by Crippen LogP contribution is 2.46. The van der Waals surface area contributed by atoms with Gasteiger partial charge in [0.25, 0.3) is 0 Å². The summed E-state index contributed by atoms with van der Waals surface area (Å²) in [6.45, 7) is 5.44. The molecule has 0 amide bonds. The molecule has 2 atom stereocenters. The van der Waals surface area contributed by atoms with Gasteiger partial charge in [-0.3, -0.25) is 4.79 Å². The fourth-order valence-corrected chi connectivity index (χ4v) is 4.59. The summed E-state index contributed by atoms with van der Waals surface area (Å²) in [4.78, 5) is 26.5. The zero-order chi connectivity index (χ0) is 22.1. The molecule has 1 heterocycles. The molecule has 0 spiro atoms. The van der Waals surface area contributed by atoms with E-state index in [0.29, 0.717) is 35.2 Å². The monoisotopic (exact) mass is 417 g/mol. The van der Waals surface area contributed by atoms with Crippen molar-refractivity contribution in [3.05, 3.63) is 88.3 Å². The molecule has 1 aliphatic carbocycles. The number of ether oxygens (including phenoxy) is 1. The van der Waals surface area contributed by atoms with Crippen molar-refractivity contribution in [2.24, 2.45) is 0 Å². The molecule has 0 bridgehead atoms. The molecule has 0 saturated heterocycles. The SMILES string of the molecule is CC1=C(C(=O)OC(C)C)[C@H](c2cccc(O)c2)C2=C(C[C@H](c3ccccc3)CC2=O)N1. The van der Waals surface area contributed by atoms with Crippen molar-refractivity contribution in [3.8, 4) is 5.75 Å². The molecule has 0 fully saturated rings. The fourth-order valence-electron chi connectivity index (χ4n) is 4.59. The van der Waals surface area contributed by atoms with E-state index >= 15 is 0 Å². The maximum absolute atomic E-state index is 13.4. The van der Waals surface area contributed by atoms with Crippen LogP contribution in [0.25, 0.3) is 0 Å². The second-order valence-electron chi connectivity index (χ2n) is 8.48. The minimum atomic E-state index is -0.571. The minimum Gasteiger partial charge on any atom is -0.508 e.